The van der Waals surface area contributed by atoms with Gasteiger partial charge in [-0.05, 0) is 120 Å². The van der Waals surface area contributed by atoms with Gasteiger partial charge in [-0.3, -0.25) is 0 Å². The van der Waals surface area contributed by atoms with Crippen LogP contribution in [0.1, 0.15) is 79.1 Å². The number of nitrogens with zero attached hydrogens (tertiary/aromatic N) is 2. The van der Waals surface area contributed by atoms with Crippen LogP contribution < -0.4 is 0 Å². The Morgan fingerprint density at radius 3 is 2.46 bits per heavy atom. The molecule has 0 unspecified atom stereocenters. The highest BCUT2D eigenvalue weighted by Gasteiger charge is 2.59. The molecule has 3 saturated carbocycles. The fourth-order valence-electron chi connectivity index (χ4n) is 8.47. The Bertz CT molecular complexity index is 610. The fraction of sp³-hybridized carbons (Fsp3) is 0.923. The predicted molar refractivity (Wildman–Crippen MR) is 120 cm³/mol. The first kappa shape index (κ1) is 20.9. The molecule has 4 rings (SSSR count). The van der Waals surface area contributed by atoms with Gasteiger partial charge in [0.25, 0.3) is 0 Å². The predicted octanol–water partition coefficient (Wildman–Crippen LogP) is 5.84. The summed E-state index contributed by atoms with van der Waals surface area (Å²) in [5.41, 5.74) is 2.91. The third kappa shape index (κ3) is 3.04. The van der Waals surface area contributed by atoms with Gasteiger partial charge in [0.15, 0.2) is 0 Å². The summed E-state index contributed by atoms with van der Waals surface area (Å²) in [4.78, 5) is 5.07. The molecule has 0 amide bonds. The van der Waals surface area contributed by atoms with Crippen LogP contribution in [0.5, 0.6) is 0 Å². The molecule has 2 nitrogen and oxygen atoms in total. The van der Waals surface area contributed by atoms with E-state index in [-0.39, 0.29) is 0 Å². The smallest absolute Gasteiger partial charge is 0.0130 e. The van der Waals surface area contributed by atoms with Gasteiger partial charge in [-0.1, -0.05) is 32.4 Å². The van der Waals surface area contributed by atoms with E-state index in [4.69, 9.17) is 0 Å². The van der Waals surface area contributed by atoms with E-state index in [0.717, 1.165) is 35.8 Å². The van der Waals surface area contributed by atoms with E-state index in [2.05, 4.69) is 64.7 Å². The van der Waals surface area contributed by atoms with Crippen molar-refractivity contribution in [3.8, 4) is 0 Å². The molecule has 0 aromatic carbocycles. The Labute approximate surface area is 175 Å². The first-order valence-corrected chi connectivity index (χ1v) is 12.3. The molecule has 2 heteroatoms. The lowest BCUT2D eigenvalue weighted by Gasteiger charge is -2.59. The zero-order valence-corrected chi connectivity index (χ0v) is 19.8. The van der Waals surface area contributed by atoms with E-state index in [1.54, 1.807) is 0 Å². The molecule has 4 aliphatic carbocycles. The topological polar surface area (TPSA) is 6.48 Å². The van der Waals surface area contributed by atoms with E-state index in [0.29, 0.717) is 10.8 Å². The minimum atomic E-state index is 0.501. The largest absolute Gasteiger partial charge is 0.306 e. The molecule has 0 aromatic heterocycles. The minimum absolute atomic E-state index is 0.501. The SMILES string of the molecule is CCN(C)[C@@H]1CC[C@@]2(C)C(=CC[C@H]3[C@@H]4CC[C@H]([C@H](C)N(C)C)[C@@]4(C)CC[C@@H]32)C1. The third-order valence-corrected chi connectivity index (χ3v) is 10.7. The molecule has 0 saturated heterocycles. The molecule has 0 spiro atoms. The average Bonchev–Trinajstić information content (AvgIpc) is 3.03. The zero-order valence-electron chi connectivity index (χ0n) is 19.8. The van der Waals surface area contributed by atoms with Crippen LogP contribution in [0, 0.1) is 34.5 Å². The van der Waals surface area contributed by atoms with Gasteiger partial charge in [-0.2, -0.15) is 0 Å². The minimum Gasteiger partial charge on any atom is -0.306 e. The maximum atomic E-state index is 2.74. The monoisotopic (exact) mass is 386 g/mol. The van der Waals surface area contributed by atoms with Gasteiger partial charge in [-0.15, -0.1) is 0 Å². The molecular weight excluding hydrogens is 340 g/mol. The van der Waals surface area contributed by atoms with Crippen molar-refractivity contribution >= 4 is 0 Å². The van der Waals surface area contributed by atoms with Crippen molar-refractivity contribution < 1.29 is 0 Å². The maximum absolute atomic E-state index is 2.74. The lowest BCUT2D eigenvalue weighted by molar-refractivity contribution is -0.0554. The third-order valence-electron chi connectivity index (χ3n) is 10.7. The number of hydrogen-bond acceptors (Lipinski definition) is 2. The van der Waals surface area contributed by atoms with E-state index >= 15 is 0 Å². The summed E-state index contributed by atoms with van der Waals surface area (Å²) >= 11 is 0. The van der Waals surface area contributed by atoms with Crippen molar-refractivity contribution in [3.05, 3.63) is 11.6 Å². The molecule has 8 atom stereocenters. The Balaban J connectivity index is 1.57. The first-order chi connectivity index (χ1) is 13.2. The molecular formula is C26H46N2. The van der Waals surface area contributed by atoms with Crippen molar-refractivity contribution in [2.75, 3.05) is 27.7 Å². The molecule has 0 bridgehead atoms. The number of rotatable bonds is 4. The highest BCUT2D eigenvalue weighted by atomic mass is 15.1. The number of fused-ring (bicyclic) bond motifs is 5. The second kappa shape index (κ2) is 7.41. The normalized spacial score (nSPS) is 46.8. The van der Waals surface area contributed by atoms with Crippen LogP contribution in [0.15, 0.2) is 11.6 Å². The van der Waals surface area contributed by atoms with Crippen LogP contribution in [0.4, 0.5) is 0 Å². The average molecular weight is 387 g/mol. The molecule has 0 heterocycles. The van der Waals surface area contributed by atoms with Crippen molar-refractivity contribution in [2.24, 2.45) is 34.5 Å². The molecule has 0 N–H and O–H groups in total. The van der Waals surface area contributed by atoms with E-state index in [9.17, 15) is 0 Å². The Morgan fingerprint density at radius 1 is 1.04 bits per heavy atom. The van der Waals surface area contributed by atoms with Gasteiger partial charge in [0.05, 0.1) is 0 Å². The molecule has 0 radical (unpaired) electrons. The fourth-order valence-corrected chi connectivity index (χ4v) is 8.47. The molecule has 4 aliphatic rings. The summed E-state index contributed by atoms with van der Waals surface area (Å²) in [5.74, 6) is 3.75. The van der Waals surface area contributed by atoms with Gasteiger partial charge in [0.1, 0.15) is 0 Å². The van der Waals surface area contributed by atoms with Gasteiger partial charge >= 0.3 is 0 Å². The number of hydrogen-bond donors (Lipinski definition) is 0. The second-order valence-corrected chi connectivity index (χ2v) is 11.7. The first-order valence-electron chi connectivity index (χ1n) is 12.3. The Kier molecular flexibility index (Phi) is 5.54. The van der Waals surface area contributed by atoms with Crippen LogP contribution in [-0.4, -0.2) is 49.6 Å². The summed E-state index contributed by atoms with van der Waals surface area (Å²) in [6, 6.07) is 1.50. The summed E-state index contributed by atoms with van der Waals surface area (Å²) in [6.45, 7) is 11.3. The van der Waals surface area contributed by atoms with Crippen LogP contribution in [0.2, 0.25) is 0 Å². The van der Waals surface area contributed by atoms with Crippen LogP contribution in [-0.2, 0) is 0 Å². The summed E-state index contributed by atoms with van der Waals surface area (Å²) in [6.07, 6.45) is 14.2. The van der Waals surface area contributed by atoms with Crippen LogP contribution >= 0.6 is 0 Å². The highest BCUT2D eigenvalue weighted by molar-refractivity contribution is 5.26. The quantitative estimate of drug-likeness (QED) is 0.560. The highest BCUT2D eigenvalue weighted by Crippen LogP contribution is 2.66. The van der Waals surface area contributed by atoms with Crippen molar-refractivity contribution in [2.45, 2.75) is 91.1 Å². The number of allylic oxidation sites excluding steroid dienone is 1. The summed E-state index contributed by atoms with van der Waals surface area (Å²) < 4.78 is 0. The van der Waals surface area contributed by atoms with Gasteiger partial charge in [0.2, 0.25) is 0 Å². The van der Waals surface area contributed by atoms with Gasteiger partial charge in [0, 0.05) is 12.1 Å². The van der Waals surface area contributed by atoms with Gasteiger partial charge in [-0.25, -0.2) is 0 Å². The lowest BCUT2D eigenvalue weighted by atomic mass is 9.47. The van der Waals surface area contributed by atoms with E-state index in [1.165, 1.54) is 57.9 Å². The van der Waals surface area contributed by atoms with Crippen molar-refractivity contribution in [3.63, 3.8) is 0 Å². The van der Waals surface area contributed by atoms with Crippen LogP contribution in [0.3, 0.4) is 0 Å². The molecule has 160 valence electrons. The molecule has 28 heavy (non-hydrogen) atoms. The maximum Gasteiger partial charge on any atom is 0.0130 e. The van der Waals surface area contributed by atoms with Gasteiger partial charge < -0.3 is 9.80 Å². The van der Waals surface area contributed by atoms with E-state index in [1.807, 2.05) is 5.57 Å². The molecule has 0 aliphatic heterocycles. The van der Waals surface area contributed by atoms with Crippen LogP contribution in [0.25, 0.3) is 0 Å². The summed E-state index contributed by atoms with van der Waals surface area (Å²) in [5, 5.41) is 0. The zero-order chi connectivity index (χ0) is 20.3. The summed E-state index contributed by atoms with van der Waals surface area (Å²) in [7, 11) is 6.90. The Morgan fingerprint density at radius 2 is 1.79 bits per heavy atom. The second-order valence-electron chi connectivity index (χ2n) is 11.7. The standard InChI is InChI=1S/C26H46N2/c1-8-28(7)20-13-15-25(3)19(17-20)9-10-21-23-12-11-22(18(2)27(5)6)26(23,4)16-14-24(21)25/h9,18,20-24H,8,10-17H2,1-7H3/t18-,20+,21-,22+,23-,24-,25-,26+/m0/s1. The van der Waals surface area contributed by atoms with Crippen molar-refractivity contribution in [1.82, 2.24) is 9.80 Å². The van der Waals surface area contributed by atoms with E-state index < -0.39 is 0 Å². The molecule has 0 aromatic rings. The lowest BCUT2D eigenvalue weighted by Crippen LogP contribution is -2.52. The van der Waals surface area contributed by atoms with Crippen molar-refractivity contribution in [1.29, 1.82) is 0 Å². The molecule has 3 fully saturated rings. The Hall–Kier alpha value is -0.340.